The molecule has 0 fully saturated rings. The standard InChI is InChI=1S/C15H18BFN2O/c1-11-4-6-14-8-9-15(7-5-13(3)20)19(14)16(17)18-12(2)10-11/h4,6,8-10H,5,7H2,1-3H3/b6-4+,11-10-,18-12+. The van der Waals surface area contributed by atoms with Crippen molar-refractivity contribution in [3.63, 3.8) is 0 Å². The van der Waals surface area contributed by atoms with Crippen LogP contribution in [0.15, 0.2) is 34.8 Å². The Morgan fingerprint density at radius 3 is 2.80 bits per heavy atom. The van der Waals surface area contributed by atoms with Gasteiger partial charge in [-0.1, -0.05) is 6.08 Å². The minimum atomic E-state index is -1.45. The Morgan fingerprint density at radius 1 is 1.35 bits per heavy atom. The van der Waals surface area contributed by atoms with E-state index in [2.05, 4.69) is 4.90 Å². The van der Waals surface area contributed by atoms with Crippen LogP contribution in [0.5, 0.6) is 0 Å². The van der Waals surface area contributed by atoms with Gasteiger partial charge in [0.25, 0.3) is 0 Å². The molecule has 0 unspecified atom stereocenters. The smallest absolute Gasteiger partial charge is 0.338 e. The molecule has 20 heavy (non-hydrogen) atoms. The number of ketones is 1. The molecule has 0 saturated heterocycles. The van der Waals surface area contributed by atoms with Crippen molar-refractivity contribution >= 4 is 24.8 Å². The van der Waals surface area contributed by atoms with Crippen molar-refractivity contribution in [2.24, 2.45) is 4.90 Å². The zero-order chi connectivity index (χ0) is 14.7. The predicted molar refractivity (Wildman–Crippen MR) is 81.6 cm³/mol. The van der Waals surface area contributed by atoms with Gasteiger partial charge in [-0.3, -0.25) is 9.22 Å². The van der Waals surface area contributed by atoms with Crippen molar-refractivity contribution in [1.82, 2.24) is 4.48 Å². The van der Waals surface area contributed by atoms with Crippen molar-refractivity contribution in [2.45, 2.75) is 33.6 Å². The summed E-state index contributed by atoms with van der Waals surface area (Å²) in [6.07, 6.45) is 6.62. The molecule has 0 saturated carbocycles. The van der Waals surface area contributed by atoms with E-state index < -0.39 is 7.26 Å². The topological polar surface area (TPSA) is 34.4 Å². The molecule has 0 spiro atoms. The summed E-state index contributed by atoms with van der Waals surface area (Å²) in [5.74, 6) is 0.103. The molecule has 0 atom stereocenters. The van der Waals surface area contributed by atoms with Crippen LogP contribution in [-0.2, 0) is 11.2 Å². The molecule has 5 heteroatoms. The molecule has 1 aromatic rings. The first-order valence-electron chi connectivity index (χ1n) is 6.72. The Kier molecular flexibility index (Phi) is 4.37. The molecule has 0 amide bonds. The second-order valence-corrected chi connectivity index (χ2v) is 5.12. The normalized spacial score (nSPS) is 21.7. The monoisotopic (exact) mass is 272 g/mol. The lowest BCUT2D eigenvalue weighted by Gasteiger charge is -2.10. The number of fused-ring (bicyclic) bond motifs is 1. The number of allylic oxidation sites excluding steroid dienone is 3. The van der Waals surface area contributed by atoms with Crippen molar-refractivity contribution in [2.75, 3.05) is 0 Å². The lowest BCUT2D eigenvalue weighted by Crippen LogP contribution is -2.22. The molecule has 0 bridgehead atoms. The minimum Gasteiger partial charge on any atom is -0.338 e. The average Bonchev–Trinajstić information content (AvgIpc) is 2.76. The molecule has 0 aromatic carbocycles. The predicted octanol–water partition coefficient (Wildman–Crippen LogP) is 3.25. The van der Waals surface area contributed by atoms with Crippen LogP contribution >= 0.6 is 0 Å². The van der Waals surface area contributed by atoms with Gasteiger partial charge in [0.2, 0.25) is 0 Å². The summed E-state index contributed by atoms with van der Waals surface area (Å²) in [6, 6.07) is 3.72. The SMILES string of the molecule is CC(=O)CCc1ccc2n1B(F)/N=C(C)/C=C(C)\C=C\2. The summed E-state index contributed by atoms with van der Waals surface area (Å²) >= 11 is 0. The fourth-order valence-corrected chi connectivity index (χ4v) is 2.27. The van der Waals surface area contributed by atoms with Gasteiger partial charge in [-0.05, 0) is 57.0 Å². The number of rotatable bonds is 3. The van der Waals surface area contributed by atoms with Crippen LogP contribution in [-0.4, -0.2) is 23.2 Å². The van der Waals surface area contributed by atoms with Gasteiger partial charge in [0, 0.05) is 23.5 Å². The zero-order valence-corrected chi connectivity index (χ0v) is 12.1. The van der Waals surface area contributed by atoms with Crippen LogP contribution in [0.2, 0.25) is 0 Å². The second kappa shape index (κ2) is 6.03. The highest BCUT2D eigenvalue weighted by Gasteiger charge is 2.23. The number of nitrogens with zero attached hydrogens (tertiary/aromatic N) is 2. The van der Waals surface area contributed by atoms with E-state index in [0.29, 0.717) is 18.6 Å². The number of hydrogen-bond acceptors (Lipinski definition) is 2. The summed E-state index contributed by atoms with van der Waals surface area (Å²) in [4.78, 5) is 15.2. The quantitative estimate of drug-likeness (QED) is 0.778. The first kappa shape index (κ1) is 14.5. The van der Waals surface area contributed by atoms with E-state index in [1.165, 1.54) is 0 Å². The molecule has 2 heterocycles. The highest BCUT2D eigenvalue weighted by Crippen LogP contribution is 2.18. The van der Waals surface area contributed by atoms with Crippen LogP contribution in [0.3, 0.4) is 0 Å². The molecule has 3 nitrogen and oxygen atoms in total. The third-order valence-corrected chi connectivity index (χ3v) is 3.24. The largest absolute Gasteiger partial charge is 0.611 e. The lowest BCUT2D eigenvalue weighted by atomic mass is 10.0. The maximum Gasteiger partial charge on any atom is 0.611 e. The fourth-order valence-electron chi connectivity index (χ4n) is 2.27. The summed E-state index contributed by atoms with van der Waals surface area (Å²) in [7, 11) is -1.45. The van der Waals surface area contributed by atoms with Crippen LogP contribution in [0.4, 0.5) is 4.32 Å². The van der Waals surface area contributed by atoms with Gasteiger partial charge in [-0.25, -0.2) is 0 Å². The molecule has 2 rings (SSSR count). The van der Waals surface area contributed by atoms with Crippen molar-refractivity contribution < 1.29 is 9.11 Å². The third-order valence-electron chi connectivity index (χ3n) is 3.24. The highest BCUT2D eigenvalue weighted by molar-refractivity contribution is 6.50. The van der Waals surface area contributed by atoms with Gasteiger partial charge in [0.15, 0.2) is 0 Å². The summed E-state index contributed by atoms with van der Waals surface area (Å²) < 4.78 is 16.0. The van der Waals surface area contributed by atoms with E-state index in [-0.39, 0.29) is 5.78 Å². The van der Waals surface area contributed by atoms with Crippen LogP contribution in [0, 0.1) is 0 Å². The second-order valence-electron chi connectivity index (χ2n) is 5.12. The molecule has 1 aromatic heterocycles. The molecule has 1 aliphatic rings. The average molecular weight is 272 g/mol. The maximum atomic E-state index is 14.4. The van der Waals surface area contributed by atoms with Gasteiger partial charge in [-0.2, -0.15) is 0 Å². The fraction of sp³-hybridized carbons (Fsp3) is 0.333. The van der Waals surface area contributed by atoms with Gasteiger partial charge in [-0.15, -0.1) is 0 Å². The number of carbonyl (C=O) groups excluding carboxylic acids is 1. The number of halogens is 1. The molecular formula is C15H18BFN2O. The van der Waals surface area contributed by atoms with Gasteiger partial charge in [0.05, 0.1) is 0 Å². The molecular weight excluding hydrogens is 254 g/mol. The summed E-state index contributed by atoms with van der Waals surface area (Å²) in [6.45, 7) is 5.29. The van der Waals surface area contributed by atoms with Crippen molar-refractivity contribution in [3.05, 3.63) is 41.2 Å². The Labute approximate surface area is 119 Å². The van der Waals surface area contributed by atoms with Crippen LogP contribution in [0.25, 0.3) is 6.08 Å². The first-order valence-corrected chi connectivity index (χ1v) is 6.72. The Bertz CT molecular complexity index is 613. The Hall–Kier alpha value is -1.91. The number of aromatic nitrogens is 1. The van der Waals surface area contributed by atoms with E-state index in [4.69, 9.17) is 0 Å². The summed E-state index contributed by atoms with van der Waals surface area (Å²) in [5, 5.41) is 0. The molecule has 0 N–H and O–H groups in total. The maximum absolute atomic E-state index is 14.4. The van der Waals surface area contributed by atoms with E-state index in [1.807, 2.05) is 37.3 Å². The van der Waals surface area contributed by atoms with Crippen LogP contribution < -0.4 is 0 Å². The number of carbonyl (C=O) groups is 1. The molecule has 0 aliphatic carbocycles. The van der Waals surface area contributed by atoms with Gasteiger partial charge in [0.1, 0.15) is 5.78 Å². The van der Waals surface area contributed by atoms with Crippen LogP contribution in [0.1, 0.15) is 38.6 Å². The van der Waals surface area contributed by atoms with E-state index in [1.54, 1.807) is 18.3 Å². The number of hydrogen-bond donors (Lipinski definition) is 0. The first-order chi connectivity index (χ1) is 9.47. The van der Waals surface area contributed by atoms with Crippen molar-refractivity contribution in [1.29, 1.82) is 0 Å². The lowest BCUT2D eigenvalue weighted by molar-refractivity contribution is -0.117. The van der Waals surface area contributed by atoms with E-state index in [9.17, 15) is 9.11 Å². The molecule has 104 valence electrons. The van der Waals surface area contributed by atoms with Gasteiger partial charge >= 0.3 is 7.26 Å². The molecule has 0 radical (unpaired) electrons. The Morgan fingerprint density at radius 2 is 2.10 bits per heavy atom. The summed E-state index contributed by atoms with van der Waals surface area (Å²) in [5.41, 5.74) is 3.24. The Balaban J connectivity index is 2.42. The van der Waals surface area contributed by atoms with E-state index in [0.717, 1.165) is 17.0 Å². The zero-order valence-electron chi connectivity index (χ0n) is 12.1. The van der Waals surface area contributed by atoms with Gasteiger partial charge < -0.3 is 9.27 Å². The third kappa shape index (κ3) is 3.35. The number of aryl methyl sites for hydroxylation is 1. The number of Topliss-reactive ketones (excluding diaryl/α,β-unsaturated/α-hetero) is 1. The molecule has 1 aliphatic heterocycles. The minimum absolute atomic E-state index is 0.103. The highest BCUT2D eigenvalue weighted by atomic mass is 19.1. The van der Waals surface area contributed by atoms with E-state index >= 15 is 0 Å². The van der Waals surface area contributed by atoms with Crippen molar-refractivity contribution in [3.8, 4) is 0 Å².